The number of nitrogens with one attached hydrogen (secondary N) is 2. The lowest BCUT2D eigenvalue weighted by Crippen LogP contribution is -2.46. The van der Waals surface area contributed by atoms with Crippen molar-refractivity contribution in [2.45, 2.75) is 55.5 Å². The summed E-state index contributed by atoms with van der Waals surface area (Å²) < 4.78 is 28.5. The van der Waals surface area contributed by atoms with Crippen LogP contribution in [0.4, 0.5) is 5.69 Å². The molecule has 1 aromatic rings. The van der Waals surface area contributed by atoms with Gasteiger partial charge in [-0.2, -0.15) is 0 Å². The normalized spacial score (nSPS) is 27.4. The predicted octanol–water partition coefficient (Wildman–Crippen LogP) is 1.48. The van der Waals surface area contributed by atoms with E-state index in [1.54, 1.807) is 18.2 Å². The highest BCUT2D eigenvalue weighted by Crippen LogP contribution is 2.29. The summed E-state index contributed by atoms with van der Waals surface area (Å²) in [5.74, 6) is -0.0143. The lowest BCUT2D eigenvalue weighted by molar-refractivity contribution is -0.116. The maximum atomic E-state index is 12.8. The van der Waals surface area contributed by atoms with Gasteiger partial charge < -0.3 is 5.32 Å². The zero-order valence-corrected chi connectivity index (χ0v) is 14.4. The van der Waals surface area contributed by atoms with Gasteiger partial charge in [0.25, 0.3) is 0 Å². The number of nitrogens with zero attached hydrogens (tertiary/aromatic N) is 1. The molecule has 1 amide bonds. The molecule has 2 fully saturated rings. The second kappa shape index (κ2) is 6.13. The van der Waals surface area contributed by atoms with Gasteiger partial charge in [0.1, 0.15) is 0 Å². The largest absolute Gasteiger partial charge is 0.326 e. The molecule has 2 N–H and O–H groups in total. The van der Waals surface area contributed by atoms with Gasteiger partial charge in [-0.05, 0) is 56.0 Å². The van der Waals surface area contributed by atoms with E-state index < -0.39 is 10.0 Å². The first kappa shape index (κ1) is 16.1. The lowest BCUT2D eigenvalue weighted by Gasteiger charge is -2.32. The van der Waals surface area contributed by atoms with Gasteiger partial charge in [-0.15, -0.1) is 0 Å². The topological polar surface area (TPSA) is 78.5 Å². The van der Waals surface area contributed by atoms with Crippen LogP contribution in [-0.4, -0.2) is 44.4 Å². The summed E-state index contributed by atoms with van der Waals surface area (Å²) in [5, 5.41) is 2.79. The molecule has 2 unspecified atom stereocenters. The summed E-state index contributed by atoms with van der Waals surface area (Å²) in [6.45, 7) is 2.06. The van der Waals surface area contributed by atoms with Gasteiger partial charge in [0, 0.05) is 30.7 Å². The molecule has 1 aromatic carbocycles. The number of amides is 1. The molecule has 0 aliphatic carbocycles. The van der Waals surface area contributed by atoms with E-state index in [-0.39, 0.29) is 11.9 Å². The highest BCUT2D eigenvalue weighted by atomic mass is 32.2. The number of carbonyl (C=O) groups is 1. The van der Waals surface area contributed by atoms with Gasteiger partial charge >= 0.3 is 0 Å². The number of carbonyl (C=O) groups excluding carboxylic acids is 1. The fraction of sp³-hybridized carbons (Fsp3) is 0.588. The maximum absolute atomic E-state index is 12.8. The van der Waals surface area contributed by atoms with E-state index >= 15 is 0 Å². The zero-order valence-electron chi connectivity index (χ0n) is 13.6. The van der Waals surface area contributed by atoms with Crippen LogP contribution in [0.25, 0.3) is 0 Å². The van der Waals surface area contributed by atoms with Crippen molar-refractivity contribution in [3.8, 4) is 0 Å². The van der Waals surface area contributed by atoms with Crippen LogP contribution >= 0.6 is 0 Å². The second-order valence-electron chi connectivity index (χ2n) is 6.98. The minimum atomic E-state index is -3.53. The Hall–Kier alpha value is -1.44. The van der Waals surface area contributed by atoms with Crippen LogP contribution in [0.3, 0.4) is 0 Å². The number of hydrogen-bond acceptors (Lipinski definition) is 4. The Kier molecular flexibility index (Phi) is 4.10. The highest BCUT2D eigenvalue weighted by molar-refractivity contribution is 7.89. The summed E-state index contributed by atoms with van der Waals surface area (Å²) >= 11 is 0. The third kappa shape index (κ3) is 2.96. The molecule has 3 heterocycles. The molecule has 0 bridgehead atoms. The van der Waals surface area contributed by atoms with Gasteiger partial charge in [0.05, 0.1) is 4.90 Å². The Labute approximate surface area is 142 Å². The van der Waals surface area contributed by atoms with Gasteiger partial charge in [-0.3, -0.25) is 9.69 Å². The number of rotatable bonds is 3. The van der Waals surface area contributed by atoms with Gasteiger partial charge in [0.15, 0.2) is 0 Å². The van der Waals surface area contributed by atoms with E-state index in [0.717, 1.165) is 37.2 Å². The molecule has 0 spiro atoms. The Bertz CT molecular complexity index is 762. The fourth-order valence-corrected chi connectivity index (χ4v) is 5.53. The summed E-state index contributed by atoms with van der Waals surface area (Å²) in [7, 11) is -3.53. The Morgan fingerprint density at radius 1 is 1.12 bits per heavy atom. The zero-order chi connectivity index (χ0) is 16.7. The quantitative estimate of drug-likeness (QED) is 0.866. The molecule has 6 nitrogen and oxygen atoms in total. The van der Waals surface area contributed by atoms with Crippen molar-refractivity contribution < 1.29 is 13.2 Å². The summed E-state index contributed by atoms with van der Waals surface area (Å²) in [4.78, 5) is 14.1. The van der Waals surface area contributed by atoms with Crippen LogP contribution in [-0.2, 0) is 21.2 Å². The van der Waals surface area contributed by atoms with Gasteiger partial charge in [-0.25, -0.2) is 13.1 Å². The molecule has 0 radical (unpaired) electrons. The van der Waals surface area contributed by atoms with Crippen molar-refractivity contribution in [1.29, 1.82) is 0 Å². The van der Waals surface area contributed by atoms with E-state index in [4.69, 9.17) is 0 Å². The molecule has 130 valence electrons. The fourth-order valence-electron chi connectivity index (χ4n) is 4.18. The smallest absolute Gasteiger partial charge is 0.240 e. The monoisotopic (exact) mass is 349 g/mol. The van der Waals surface area contributed by atoms with Crippen molar-refractivity contribution >= 4 is 21.6 Å². The number of hydrogen-bond donors (Lipinski definition) is 2. The number of sulfonamides is 1. The first-order valence-electron chi connectivity index (χ1n) is 8.72. The molecule has 3 aliphatic rings. The molecular weight excluding hydrogens is 326 g/mol. The average molecular weight is 349 g/mol. The SMILES string of the molecule is O=C1CCc2cc(S(=O)(=O)NC3CCN4CCCCC34)ccc2N1. The Morgan fingerprint density at radius 3 is 2.88 bits per heavy atom. The molecular formula is C17H23N3O3S. The van der Waals surface area contributed by atoms with Crippen molar-refractivity contribution in [3.63, 3.8) is 0 Å². The van der Waals surface area contributed by atoms with Crippen molar-refractivity contribution in [2.75, 3.05) is 18.4 Å². The number of anilines is 1. The molecule has 3 aliphatic heterocycles. The number of aryl methyl sites for hydroxylation is 1. The number of piperidine rings is 1. The maximum Gasteiger partial charge on any atom is 0.240 e. The summed E-state index contributed by atoms with van der Waals surface area (Å²) in [6.07, 6.45) is 5.34. The van der Waals surface area contributed by atoms with Crippen LogP contribution < -0.4 is 10.0 Å². The molecule has 7 heteroatoms. The van der Waals surface area contributed by atoms with Crippen LogP contribution in [0.2, 0.25) is 0 Å². The Balaban J connectivity index is 1.54. The third-order valence-corrected chi connectivity index (χ3v) is 6.93. The van der Waals surface area contributed by atoms with Crippen molar-refractivity contribution in [2.24, 2.45) is 0 Å². The van der Waals surface area contributed by atoms with Gasteiger partial charge in [0.2, 0.25) is 15.9 Å². The van der Waals surface area contributed by atoms with Crippen LogP contribution in [0.1, 0.15) is 37.7 Å². The molecule has 0 saturated carbocycles. The van der Waals surface area contributed by atoms with E-state index in [0.29, 0.717) is 23.8 Å². The Morgan fingerprint density at radius 2 is 2.00 bits per heavy atom. The molecule has 2 atom stereocenters. The van der Waals surface area contributed by atoms with E-state index in [9.17, 15) is 13.2 Å². The lowest BCUT2D eigenvalue weighted by atomic mass is 10.00. The van der Waals surface area contributed by atoms with Gasteiger partial charge in [-0.1, -0.05) is 6.42 Å². The van der Waals surface area contributed by atoms with Crippen LogP contribution in [0, 0.1) is 0 Å². The first-order valence-corrected chi connectivity index (χ1v) is 10.2. The van der Waals surface area contributed by atoms with E-state index in [1.165, 1.54) is 12.8 Å². The minimum Gasteiger partial charge on any atom is -0.326 e. The second-order valence-corrected chi connectivity index (χ2v) is 8.70. The third-order valence-electron chi connectivity index (χ3n) is 5.45. The molecule has 24 heavy (non-hydrogen) atoms. The van der Waals surface area contributed by atoms with E-state index in [2.05, 4.69) is 14.9 Å². The predicted molar refractivity (Wildman–Crippen MR) is 91.3 cm³/mol. The van der Waals surface area contributed by atoms with Crippen molar-refractivity contribution in [3.05, 3.63) is 23.8 Å². The highest BCUT2D eigenvalue weighted by Gasteiger charge is 2.37. The first-order chi connectivity index (χ1) is 11.5. The minimum absolute atomic E-state index is 0.00559. The number of benzene rings is 1. The van der Waals surface area contributed by atoms with E-state index in [1.807, 2.05) is 0 Å². The average Bonchev–Trinajstić information content (AvgIpc) is 2.97. The molecule has 2 saturated heterocycles. The summed E-state index contributed by atoms with van der Waals surface area (Å²) in [6, 6.07) is 5.32. The number of fused-ring (bicyclic) bond motifs is 2. The molecule has 0 aromatic heterocycles. The summed E-state index contributed by atoms with van der Waals surface area (Å²) in [5.41, 5.74) is 1.62. The van der Waals surface area contributed by atoms with Crippen molar-refractivity contribution in [1.82, 2.24) is 9.62 Å². The van der Waals surface area contributed by atoms with Crippen LogP contribution in [0.5, 0.6) is 0 Å². The van der Waals surface area contributed by atoms with Crippen LogP contribution in [0.15, 0.2) is 23.1 Å². The standard InChI is InChI=1S/C17H23N3O3S/c21-17-7-4-12-11-13(5-6-14(12)18-17)24(22,23)19-15-8-10-20-9-2-1-3-16(15)20/h5-6,11,15-16,19H,1-4,7-10H2,(H,18,21). The molecule has 4 rings (SSSR count).